The second kappa shape index (κ2) is 3.91. The standard InChI is InChI=1S/C13H18BrN/c1-13(2)11(12(13)15)8-5-9-3-6-10(14)7-4-9/h3-4,6-7,11-12H,5,8,15H2,1-2H3. The van der Waals surface area contributed by atoms with Crippen molar-refractivity contribution in [1.82, 2.24) is 0 Å². The summed E-state index contributed by atoms with van der Waals surface area (Å²) in [4.78, 5) is 0. The van der Waals surface area contributed by atoms with Crippen LogP contribution in [0.1, 0.15) is 25.8 Å². The van der Waals surface area contributed by atoms with Crippen LogP contribution in [0.15, 0.2) is 28.7 Å². The first-order chi connectivity index (χ1) is 7.01. The Hall–Kier alpha value is -0.340. The van der Waals surface area contributed by atoms with Gasteiger partial charge in [-0.1, -0.05) is 41.9 Å². The van der Waals surface area contributed by atoms with Crippen molar-refractivity contribution < 1.29 is 0 Å². The minimum Gasteiger partial charge on any atom is -0.327 e. The third-order valence-corrected chi connectivity index (χ3v) is 4.33. The van der Waals surface area contributed by atoms with E-state index < -0.39 is 0 Å². The Morgan fingerprint density at radius 1 is 1.27 bits per heavy atom. The van der Waals surface area contributed by atoms with E-state index in [2.05, 4.69) is 54.0 Å². The van der Waals surface area contributed by atoms with Gasteiger partial charge in [0.15, 0.2) is 0 Å². The summed E-state index contributed by atoms with van der Waals surface area (Å²) in [6.45, 7) is 4.54. The van der Waals surface area contributed by atoms with Crippen LogP contribution in [0, 0.1) is 11.3 Å². The Balaban J connectivity index is 1.87. The maximum Gasteiger partial charge on any atom is 0.0175 e. The van der Waals surface area contributed by atoms with Crippen molar-refractivity contribution in [2.24, 2.45) is 17.1 Å². The highest BCUT2D eigenvalue weighted by molar-refractivity contribution is 9.10. The molecule has 1 aliphatic rings. The first kappa shape index (κ1) is 11.2. The minimum absolute atomic E-state index is 0.370. The summed E-state index contributed by atoms with van der Waals surface area (Å²) in [5.74, 6) is 0.709. The van der Waals surface area contributed by atoms with Crippen LogP contribution >= 0.6 is 15.9 Å². The molecule has 0 bridgehead atoms. The van der Waals surface area contributed by atoms with Gasteiger partial charge in [-0.05, 0) is 41.9 Å². The molecule has 2 N–H and O–H groups in total. The third kappa shape index (κ3) is 2.26. The average Bonchev–Trinajstić information content (AvgIpc) is 2.66. The van der Waals surface area contributed by atoms with E-state index in [1.54, 1.807) is 0 Å². The van der Waals surface area contributed by atoms with Crippen molar-refractivity contribution in [2.75, 3.05) is 0 Å². The van der Waals surface area contributed by atoms with E-state index in [1.165, 1.54) is 12.0 Å². The first-order valence-electron chi connectivity index (χ1n) is 5.52. The molecular formula is C13H18BrN. The Labute approximate surface area is 100 Å². The summed E-state index contributed by atoms with van der Waals surface area (Å²) in [6.07, 6.45) is 2.37. The summed E-state index contributed by atoms with van der Waals surface area (Å²) >= 11 is 3.45. The highest BCUT2D eigenvalue weighted by Gasteiger charge is 2.54. The zero-order chi connectivity index (χ0) is 11.1. The normalized spacial score (nSPS) is 27.7. The van der Waals surface area contributed by atoms with E-state index in [-0.39, 0.29) is 0 Å². The second-order valence-electron chi connectivity index (χ2n) is 5.12. The Morgan fingerprint density at radius 2 is 1.80 bits per heavy atom. The van der Waals surface area contributed by atoms with Crippen LogP contribution in [-0.2, 0) is 6.42 Å². The van der Waals surface area contributed by atoms with E-state index in [1.807, 2.05) is 0 Å². The van der Waals surface area contributed by atoms with Gasteiger partial charge in [0.1, 0.15) is 0 Å². The predicted molar refractivity (Wildman–Crippen MR) is 67.7 cm³/mol. The molecule has 15 heavy (non-hydrogen) atoms. The predicted octanol–water partition coefficient (Wildman–Crippen LogP) is 3.37. The van der Waals surface area contributed by atoms with E-state index in [0.29, 0.717) is 17.4 Å². The number of rotatable bonds is 3. The van der Waals surface area contributed by atoms with Crippen LogP contribution in [-0.4, -0.2) is 6.04 Å². The molecule has 0 radical (unpaired) electrons. The lowest BCUT2D eigenvalue weighted by atomic mass is 10.0. The number of hydrogen-bond acceptors (Lipinski definition) is 1. The number of nitrogens with two attached hydrogens (primary N) is 1. The quantitative estimate of drug-likeness (QED) is 0.893. The summed E-state index contributed by atoms with van der Waals surface area (Å²) in [5, 5.41) is 0. The number of aryl methyl sites for hydroxylation is 1. The molecule has 1 fully saturated rings. The van der Waals surface area contributed by atoms with Gasteiger partial charge in [-0.15, -0.1) is 0 Å². The molecule has 1 aromatic carbocycles. The molecule has 1 aromatic rings. The van der Waals surface area contributed by atoms with Crippen molar-refractivity contribution in [1.29, 1.82) is 0 Å². The molecule has 2 rings (SSSR count). The van der Waals surface area contributed by atoms with Gasteiger partial charge in [-0.2, -0.15) is 0 Å². The van der Waals surface area contributed by atoms with E-state index in [9.17, 15) is 0 Å². The summed E-state index contributed by atoms with van der Waals surface area (Å²) in [6, 6.07) is 8.99. The molecule has 1 aliphatic carbocycles. The fourth-order valence-electron chi connectivity index (χ4n) is 2.31. The number of hydrogen-bond donors (Lipinski definition) is 1. The maximum atomic E-state index is 6.03. The third-order valence-electron chi connectivity index (χ3n) is 3.80. The van der Waals surface area contributed by atoms with Crippen LogP contribution in [0.5, 0.6) is 0 Å². The van der Waals surface area contributed by atoms with Crippen LogP contribution < -0.4 is 5.73 Å². The van der Waals surface area contributed by atoms with Gasteiger partial charge in [0.2, 0.25) is 0 Å². The molecule has 82 valence electrons. The van der Waals surface area contributed by atoms with Gasteiger partial charge in [-0.25, -0.2) is 0 Å². The van der Waals surface area contributed by atoms with Gasteiger partial charge >= 0.3 is 0 Å². The Kier molecular flexibility index (Phi) is 2.91. The fraction of sp³-hybridized carbons (Fsp3) is 0.538. The lowest BCUT2D eigenvalue weighted by molar-refractivity contribution is 0.530. The van der Waals surface area contributed by atoms with Crippen molar-refractivity contribution >= 4 is 15.9 Å². The molecule has 2 heteroatoms. The topological polar surface area (TPSA) is 26.0 Å². The van der Waals surface area contributed by atoms with Crippen molar-refractivity contribution in [3.05, 3.63) is 34.3 Å². The Bertz CT molecular complexity index is 342. The first-order valence-corrected chi connectivity index (χ1v) is 6.31. The zero-order valence-electron chi connectivity index (χ0n) is 9.33. The molecule has 1 saturated carbocycles. The van der Waals surface area contributed by atoms with Crippen molar-refractivity contribution in [2.45, 2.75) is 32.7 Å². The molecule has 0 amide bonds. The number of halogens is 1. The molecule has 2 unspecified atom stereocenters. The van der Waals surface area contributed by atoms with E-state index in [4.69, 9.17) is 5.73 Å². The lowest BCUT2D eigenvalue weighted by Crippen LogP contribution is -2.06. The summed E-state index contributed by atoms with van der Waals surface area (Å²) in [5.41, 5.74) is 7.81. The zero-order valence-corrected chi connectivity index (χ0v) is 10.9. The van der Waals surface area contributed by atoms with E-state index in [0.717, 1.165) is 10.9 Å². The fourth-order valence-corrected chi connectivity index (χ4v) is 2.58. The van der Waals surface area contributed by atoms with Gasteiger partial charge in [0.25, 0.3) is 0 Å². The van der Waals surface area contributed by atoms with Gasteiger partial charge in [-0.3, -0.25) is 0 Å². The van der Waals surface area contributed by atoms with Crippen molar-refractivity contribution in [3.8, 4) is 0 Å². The van der Waals surface area contributed by atoms with Crippen molar-refractivity contribution in [3.63, 3.8) is 0 Å². The SMILES string of the molecule is CC1(C)C(N)C1CCc1ccc(Br)cc1. The van der Waals surface area contributed by atoms with Crippen LogP contribution in [0.25, 0.3) is 0 Å². The van der Waals surface area contributed by atoms with Crippen LogP contribution in [0.2, 0.25) is 0 Å². The highest BCUT2D eigenvalue weighted by Crippen LogP contribution is 2.52. The lowest BCUT2D eigenvalue weighted by Gasteiger charge is -2.03. The molecule has 0 aromatic heterocycles. The molecular weight excluding hydrogens is 250 g/mol. The molecule has 0 heterocycles. The maximum absolute atomic E-state index is 6.03. The van der Waals surface area contributed by atoms with Gasteiger partial charge in [0.05, 0.1) is 0 Å². The second-order valence-corrected chi connectivity index (χ2v) is 6.03. The Morgan fingerprint density at radius 3 is 2.27 bits per heavy atom. The summed E-state index contributed by atoms with van der Waals surface area (Å²) < 4.78 is 1.15. The molecule has 0 spiro atoms. The molecule has 0 saturated heterocycles. The molecule has 2 atom stereocenters. The minimum atomic E-state index is 0.370. The average molecular weight is 268 g/mol. The van der Waals surface area contributed by atoms with E-state index >= 15 is 0 Å². The monoisotopic (exact) mass is 267 g/mol. The number of benzene rings is 1. The van der Waals surface area contributed by atoms with Crippen LogP contribution in [0.4, 0.5) is 0 Å². The van der Waals surface area contributed by atoms with Gasteiger partial charge in [0, 0.05) is 10.5 Å². The van der Waals surface area contributed by atoms with Crippen LogP contribution in [0.3, 0.4) is 0 Å². The largest absolute Gasteiger partial charge is 0.327 e. The highest BCUT2D eigenvalue weighted by atomic mass is 79.9. The van der Waals surface area contributed by atoms with Gasteiger partial charge < -0.3 is 5.73 Å². The summed E-state index contributed by atoms with van der Waals surface area (Å²) in [7, 11) is 0. The smallest absolute Gasteiger partial charge is 0.0175 e. The molecule has 1 nitrogen and oxygen atoms in total. The molecule has 0 aliphatic heterocycles.